The van der Waals surface area contributed by atoms with Crippen molar-refractivity contribution in [2.45, 2.75) is 52.4 Å². The van der Waals surface area contributed by atoms with Crippen LogP contribution in [0.3, 0.4) is 0 Å². The van der Waals surface area contributed by atoms with Crippen LogP contribution in [-0.2, 0) is 12.8 Å². The molecule has 1 saturated carbocycles. The van der Waals surface area contributed by atoms with Gasteiger partial charge in [0.15, 0.2) is 11.5 Å². The van der Waals surface area contributed by atoms with Crippen LogP contribution in [0.4, 0.5) is 0 Å². The van der Waals surface area contributed by atoms with E-state index in [0.29, 0.717) is 11.7 Å². The molecule has 2 aromatic rings. The standard InChI is InChI=1S/C25H30O4/c1-13(2)6-8-15-21(29-5)12-19(27)16-11-17-23(22(15)16)24(25(17,3)4)14-7-9-18(26)20(28)10-14/h6-7,9-10,12,17,23-24,26-28H,8,11H2,1-5H3/t17-,23-,24-/m0/s1. The molecule has 0 radical (unpaired) electrons. The summed E-state index contributed by atoms with van der Waals surface area (Å²) in [5, 5.41) is 30.6. The number of fused-ring (bicyclic) bond motifs is 3. The third-order valence-electron chi connectivity index (χ3n) is 7.12. The Morgan fingerprint density at radius 1 is 1.10 bits per heavy atom. The lowest BCUT2D eigenvalue weighted by Crippen LogP contribution is -2.48. The molecule has 154 valence electrons. The maximum Gasteiger partial charge on any atom is 0.157 e. The molecule has 0 spiro atoms. The number of phenolic OH excluding ortho intramolecular Hbond substituents is 3. The van der Waals surface area contributed by atoms with Crippen LogP contribution in [0.15, 0.2) is 35.9 Å². The number of ether oxygens (including phenoxy) is 1. The van der Waals surface area contributed by atoms with Gasteiger partial charge in [-0.3, -0.25) is 0 Å². The highest BCUT2D eigenvalue weighted by atomic mass is 16.5. The second kappa shape index (κ2) is 6.72. The number of benzene rings is 2. The van der Waals surface area contributed by atoms with E-state index in [-0.39, 0.29) is 28.7 Å². The van der Waals surface area contributed by atoms with Gasteiger partial charge in [-0.05, 0) is 78.7 Å². The Labute approximate surface area is 172 Å². The van der Waals surface area contributed by atoms with Crippen molar-refractivity contribution in [3.8, 4) is 23.0 Å². The fourth-order valence-electron chi connectivity index (χ4n) is 5.69. The largest absolute Gasteiger partial charge is 0.508 e. The first-order valence-electron chi connectivity index (χ1n) is 10.2. The molecule has 0 saturated heterocycles. The van der Waals surface area contributed by atoms with Crippen molar-refractivity contribution in [2.24, 2.45) is 11.3 Å². The molecule has 4 heteroatoms. The number of hydrogen-bond acceptors (Lipinski definition) is 4. The number of aromatic hydroxyl groups is 3. The Morgan fingerprint density at radius 2 is 1.83 bits per heavy atom. The Kier molecular flexibility index (Phi) is 4.56. The lowest BCUT2D eigenvalue weighted by molar-refractivity contribution is 0.0122. The van der Waals surface area contributed by atoms with E-state index in [1.807, 2.05) is 6.07 Å². The van der Waals surface area contributed by atoms with Gasteiger partial charge in [-0.1, -0.05) is 31.6 Å². The van der Waals surface area contributed by atoms with Gasteiger partial charge in [-0.15, -0.1) is 0 Å². The molecule has 0 unspecified atom stereocenters. The zero-order chi connectivity index (χ0) is 21.1. The molecule has 0 amide bonds. The molecule has 3 N–H and O–H groups in total. The van der Waals surface area contributed by atoms with E-state index in [1.165, 1.54) is 11.1 Å². The summed E-state index contributed by atoms with van der Waals surface area (Å²) in [5.41, 5.74) is 5.68. The fraction of sp³-hybridized carbons (Fsp3) is 0.440. The van der Waals surface area contributed by atoms with Crippen molar-refractivity contribution in [1.82, 2.24) is 0 Å². The molecule has 0 bridgehead atoms. The van der Waals surface area contributed by atoms with Gasteiger partial charge in [0.1, 0.15) is 11.5 Å². The van der Waals surface area contributed by atoms with Crippen molar-refractivity contribution in [3.63, 3.8) is 0 Å². The van der Waals surface area contributed by atoms with Crippen LogP contribution in [0.5, 0.6) is 23.0 Å². The van der Waals surface area contributed by atoms with Crippen LogP contribution in [0.1, 0.15) is 61.8 Å². The van der Waals surface area contributed by atoms with E-state index in [4.69, 9.17) is 4.74 Å². The number of rotatable bonds is 4. The van der Waals surface area contributed by atoms with Crippen LogP contribution in [-0.4, -0.2) is 22.4 Å². The van der Waals surface area contributed by atoms with Gasteiger partial charge < -0.3 is 20.1 Å². The highest BCUT2D eigenvalue weighted by Gasteiger charge is 2.61. The van der Waals surface area contributed by atoms with Gasteiger partial charge in [0.2, 0.25) is 0 Å². The van der Waals surface area contributed by atoms with Crippen molar-refractivity contribution in [1.29, 1.82) is 0 Å². The topological polar surface area (TPSA) is 69.9 Å². The van der Waals surface area contributed by atoms with E-state index in [9.17, 15) is 15.3 Å². The first-order chi connectivity index (χ1) is 13.7. The van der Waals surface area contributed by atoms with Gasteiger partial charge in [-0.2, -0.15) is 0 Å². The lowest BCUT2D eigenvalue weighted by atomic mass is 9.46. The quantitative estimate of drug-likeness (QED) is 0.480. The van der Waals surface area contributed by atoms with E-state index in [2.05, 4.69) is 33.8 Å². The molecule has 1 fully saturated rings. The Bertz CT molecular complexity index is 998. The molecule has 3 atom stereocenters. The summed E-state index contributed by atoms with van der Waals surface area (Å²) < 4.78 is 5.66. The molecular formula is C25H30O4. The molecule has 0 aliphatic heterocycles. The number of hydrogen-bond donors (Lipinski definition) is 3. The Balaban J connectivity index is 1.87. The third-order valence-corrected chi connectivity index (χ3v) is 7.12. The normalized spacial score (nSPS) is 23.7. The first-order valence-corrected chi connectivity index (χ1v) is 10.2. The molecule has 4 rings (SSSR count). The van der Waals surface area contributed by atoms with Gasteiger partial charge in [-0.25, -0.2) is 0 Å². The molecular weight excluding hydrogens is 364 g/mol. The lowest BCUT2D eigenvalue weighted by Gasteiger charge is -2.57. The van der Waals surface area contributed by atoms with Gasteiger partial charge in [0, 0.05) is 11.6 Å². The zero-order valence-corrected chi connectivity index (χ0v) is 17.8. The zero-order valence-electron chi connectivity index (χ0n) is 17.8. The average Bonchev–Trinajstić information content (AvgIpc) is 3.02. The second-order valence-electron chi connectivity index (χ2n) is 9.34. The van der Waals surface area contributed by atoms with Crippen LogP contribution < -0.4 is 4.74 Å². The predicted octanol–water partition coefficient (Wildman–Crippen LogP) is 5.40. The Morgan fingerprint density at radius 3 is 2.45 bits per heavy atom. The number of allylic oxidation sites excluding steroid dienone is 2. The van der Waals surface area contributed by atoms with Gasteiger partial charge >= 0.3 is 0 Å². The number of phenols is 3. The summed E-state index contributed by atoms with van der Waals surface area (Å²) >= 11 is 0. The van der Waals surface area contributed by atoms with E-state index in [0.717, 1.165) is 35.3 Å². The molecule has 2 aliphatic rings. The van der Waals surface area contributed by atoms with Crippen LogP contribution in [0.25, 0.3) is 0 Å². The van der Waals surface area contributed by atoms with E-state index < -0.39 is 0 Å². The third kappa shape index (κ3) is 2.88. The minimum atomic E-state index is -0.0992. The smallest absolute Gasteiger partial charge is 0.157 e. The van der Waals surface area contributed by atoms with Crippen molar-refractivity contribution in [2.75, 3.05) is 7.11 Å². The summed E-state index contributed by atoms with van der Waals surface area (Å²) in [6, 6.07) is 6.92. The minimum absolute atomic E-state index is 0.0144. The SMILES string of the molecule is COc1cc(O)c2c(c1CC=C(C)C)[C@@H]1[C@H](C2)C(C)(C)[C@H]1c1ccc(O)c(O)c1. The molecule has 2 aromatic carbocycles. The van der Waals surface area contributed by atoms with Crippen molar-refractivity contribution in [3.05, 3.63) is 58.2 Å². The average molecular weight is 395 g/mol. The second-order valence-corrected chi connectivity index (χ2v) is 9.34. The van der Waals surface area contributed by atoms with Gasteiger partial charge in [0.25, 0.3) is 0 Å². The van der Waals surface area contributed by atoms with E-state index in [1.54, 1.807) is 25.3 Å². The highest BCUT2D eigenvalue weighted by molar-refractivity contribution is 5.61. The van der Waals surface area contributed by atoms with Crippen molar-refractivity contribution < 1.29 is 20.1 Å². The maximum absolute atomic E-state index is 10.7. The summed E-state index contributed by atoms with van der Waals surface area (Å²) in [6.07, 6.45) is 3.82. The van der Waals surface area contributed by atoms with Crippen LogP contribution in [0.2, 0.25) is 0 Å². The monoisotopic (exact) mass is 394 g/mol. The molecule has 0 heterocycles. The summed E-state index contributed by atoms with van der Waals surface area (Å²) in [6.45, 7) is 8.70. The highest BCUT2D eigenvalue weighted by Crippen LogP contribution is 2.71. The number of methoxy groups -OCH3 is 1. The summed E-state index contributed by atoms with van der Waals surface area (Å²) in [4.78, 5) is 0. The molecule has 29 heavy (non-hydrogen) atoms. The molecule has 2 aliphatic carbocycles. The van der Waals surface area contributed by atoms with Crippen LogP contribution in [0, 0.1) is 11.3 Å². The molecule has 0 aromatic heterocycles. The van der Waals surface area contributed by atoms with E-state index >= 15 is 0 Å². The van der Waals surface area contributed by atoms with Crippen molar-refractivity contribution >= 4 is 0 Å². The summed E-state index contributed by atoms with van der Waals surface area (Å²) in [5.74, 6) is 1.73. The summed E-state index contributed by atoms with van der Waals surface area (Å²) in [7, 11) is 1.65. The fourth-order valence-corrected chi connectivity index (χ4v) is 5.69. The van der Waals surface area contributed by atoms with Gasteiger partial charge in [0.05, 0.1) is 7.11 Å². The minimum Gasteiger partial charge on any atom is -0.508 e. The first kappa shape index (κ1) is 19.7. The Hall–Kier alpha value is -2.62. The molecule has 4 nitrogen and oxygen atoms in total. The van der Waals surface area contributed by atoms with Crippen LogP contribution >= 0.6 is 0 Å². The maximum atomic E-state index is 10.7. The predicted molar refractivity (Wildman–Crippen MR) is 114 cm³/mol.